The SMILES string of the molecule is CCCCNC(=O)[C@H](C)N(c1ccc(Oc2ccccc2)cc1)S(C)(=O)=O. The van der Waals surface area contributed by atoms with Gasteiger partial charge in [-0.1, -0.05) is 31.5 Å². The molecular weight excluding hydrogens is 364 g/mol. The average molecular weight is 391 g/mol. The highest BCUT2D eigenvalue weighted by Gasteiger charge is 2.28. The molecule has 2 rings (SSSR count). The fourth-order valence-corrected chi connectivity index (χ4v) is 3.81. The maximum Gasteiger partial charge on any atom is 0.243 e. The van der Waals surface area contributed by atoms with E-state index in [-0.39, 0.29) is 5.91 Å². The molecule has 0 aliphatic heterocycles. The molecule has 7 heteroatoms. The first-order valence-corrected chi connectivity index (χ1v) is 10.8. The number of nitrogens with one attached hydrogen (secondary N) is 1. The molecule has 1 amide bonds. The normalized spacial score (nSPS) is 12.3. The lowest BCUT2D eigenvalue weighted by atomic mass is 10.2. The molecule has 0 saturated carbocycles. The highest BCUT2D eigenvalue weighted by atomic mass is 32.2. The van der Waals surface area contributed by atoms with Gasteiger partial charge in [0.05, 0.1) is 11.9 Å². The maximum atomic E-state index is 12.3. The predicted molar refractivity (Wildman–Crippen MR) is 108 cm³/mol. The molecule has 1 N–H and O–H groups in total. The molecule has 0 aliphatic rings. The van der Waals surface area contributed by atoms with Gasteiger partial charge in [-0.05, 0) is 49.7 Å². The zero-order valence-corrected chi connectivity index (χ0v) is 16.7. The van der Waals surface area contributed by atoms with Gasteiger partial charge in [-0.15, -0.1) is 0 Å². The second-order valence-electron chi connectivity index (χ2n) is 6.29. The zero-order chi connectivity index (χ0) is 19.9. The molecule has 0 aromatic heterocycles. The summed E-state index contributed by atoms with van der Waals surface area (Å²) in [5.41, 5.74) is 0.413. The van der Waals surface area contributed by atoms with Crippen LogP contribution in [0.4, 0.5) is 5.69 Å². The van der Waals surface area contributed by atoms with Crippen molar-refractivity contribution in [1.29, 1.82) is 0 Å². The number of carbonyl (C=O) groups excluding carboxylic acids is 1. The van der Waals surface area contributed by atoms with Gasteiger partial charge in [0, 0.05) is 6.54 Å². The summed E-state index contributed by atoms with van der Waals surface area (Å²) < 4.78 is 31.4. The molecule has 6 nitrogen and oxygen atoms in total. The lowest BCUT2D eigenvalue weighted by molar-refractivity contribution is -0.121. The molecule has 0 radical (unpaired) electrons. The van der Waals surface area contributed by atoms with Crippen molar-refractivity contribution in [2.45, 2.75) is 32.7 Å². The quantitative estimate of drug-likeness (QED) is 0.665. The molecule has 0 bridgehead atoms. The fraction of sp³-hybridized carbons (Fsp3) is 0.350. The zero-order valence-electron chi connectivity index (χ0n) is 15.9. The molecule has 0 spiro atoms. The van der Waals surface area contributed by atoms with Gasteiger partial charge in [-0.3, -0.25) is 9.10 Å². The van der Waals surface area contributed by atoms with Crippen LogP contribution in [0.25, 0.3) is 0 Å². The Hall–Kier alpha value is -2.54. The Labute approximate surface area is 161 Å². The molecule has 0 unspecified atom stereocenters. The smallest absolute Gasteiger partial charge is 0.243 e. The number of benzene rings is 2. The van der Waals surface area contributed by atoms with Crippen molar-refractivity contribution in [2.24, 2.45) is 0 Å². The van der Waals surface area contributed by atoms with Gasteiger partial charge in [0.15, 0.2) is 0 Å². The first kappa shape index (κ1) is 20.8. The number of amides is 1. The summed E-state index contributed by atoms with van der Waals surface area (Å²) in [4.78, 5) is 12.3. The maximum absolute atomic E-state index is 12.3. The van der Waals surface area contributed by atoms with Gasteiger partial charge >= 0.3 is 0 Å². The number of hydrogen-bond acceptors (Lipinski definition) is 4. The minimum Gasteiger partial charge on any atom is -0.457 e. The first-order chi connectivity index (χ1) is 12.8. The molecule has 146 valence electrons. The predicted octanol–water partition coefficient (Wildman–Crippen LogP) is 3.55. The third-order valence-electron chi connectivity index (χ3n) is 3.99. The molecule has 0 aliphatic carbocycles. The van der Waals surface area contributed by atoms with Crippen molar-refractivity contribution in [3.63, 3.8) is 0 Å². The van der Waals surface area contributed by atoms with Crippen molar-refractivity contribution < 1.29 is 17.9 Å². The monoisotopic (exact) mass is 390 g/mol. The number of ether oxygens (including phenoxy) is 1. The van der Waals surface area contributed by atoms with Gasteiger partial charge in [0.2, 0.25) is 15.9 Å². The second-order valence-corrected chi connectivity index (χ2v) is 8.15. The summed E-state index contributed by atoms with van der Waals surface area (Å²) in [5.74, 6) is 0.950. The van der Waals surface area contributed by atoms with Crippen LogP contribution in [0.3, 0.4) is 0 Å². The van der Waals surface area contributed by atoms with Crippen LogP contribution in [0.15, 0.2) is 54.6 Å². The molecule has 2 aromatic carbocycles. The molecule has 27 heavy (non-hydrogen) atoms. The highest BCUT2D eigenvalue weighted by molar-refractivity contribution is 7.92. The lowest BCUT2D eigenvalue weighted by Gasteiger charge is -2.28. The Morgan fingerprint density at radius 2 is 1.67 bits per heavy atom. The number of carbonyl (C=O) groups is 1. The largest absolute Gasteiger partial charge is 0.457 e. The number of hydrogen-bond donors (Lipinski definition) is 1. The van der Waals surface area contributed by atoms with E-state index in [9.17, 15) is 13.2 Å². The van der Waals surface area contributed by atoms with Crippen LogP contribution in [-0.2, 0) is 14.8 Å². The van der Waals surface area contributed by atoms with Gasteiger partial charge in [0.1, 0.15) is 17.5 Å². The Balaban J connectivity index is 2.18. The Bertz CT molecular complexity index is 836. The van der Waals surface area contributed by atoms with Crippen LogP contribution >= 0.6 is 0 Å². The van der Waals surface area contributed by atoms with E-state index in [0.29, 0.717) is 23.7 Å². The molecular formula is C20H26N2O4S. The van der Waals surface area contributed by atoms with Crippen LogP contribution in [-0.4, -0.2) is 33.2 Å². The Morgan fingerprint density at radius 3 is 2.22 bits per heavy atom. The first-order valence-electron chi connectivity index (χ1n) is 8.93. The molecule has 0 fully saturated rings. The summed E-state index contributed by atoms with van der Waals surface area (Å²) in [6, 6.07) is 15.1. The number of rotatable bonds is 9. The number of anilines is 1. The topological polar surface area (TPSA) is 75.7 Å². The number of unbranched alkanes of at least 4 members (excludes halogenated alkanes) is 1. The average Bonchev–Trinajstić information content (AvgIpc) is 2.63. The van der Waals surface area contributed by atoms with Crippen molar-refractivity contribution in [3.8, 4) is 11.5 Å². The Morgan fingerprint density at radius 1 is 1.07 bits per heavy atom. The van der Waals surface area contributed by atoms with Crippen molar-refractivity contribution in [3.05, 3.63) is 54.6 Å². The molecule has 0 saturated heterocycles. The third-order valence-corrected chi connectivity index (χ3v) is 5.23. The van der Waals surface area contributed by atoms with Crippen LogP contribution < -0.4 is 14.4 Å². The summed E-state index contributed by atoms with van der Waals surface area (Å²) in [7, 11) is -3.63. The van der Waals surface area contributed by atoms with Gasteiger partial charge < -0.3 is 10.1 Å². The van der Waals surface area contributed by atoms with Crippen LogP contribution in [0, 0.1) is 0 Å². The fourth-order valence-electron chi connectivity index (χ4n) is 2.63. The minimum absolute atomic E-state index is 0.321. The van der Waals surface area contributed by atoms with E-state index in [2.05, 4.69) is 5.32 Å². The van der Waals surface area contributed by atoms with Gasteiger partial charge in [-0.25, -0.2) is 8.42 Å². The molecule has 2 aromatic rings. The number of sulfonamides is 1. The van der Waals surface area contributed by atoms with Crippen molar-refractivity contribution in [1.82, 2.24) is 5.32 Å². The van der Waals surface area contributed by atoms with Crippen LogP contribution in [0.1, 0.15) is 26.7 Å². The van der Waals surface area contributed by atoms with E-state index in [0.717, 1.165) is 23.4 Å². The van der Waals surface area contributed by atoms with Crippen LogP contribution in [0.2, 0.25) is 0 Å². The van der Waals surface area contributed by atoms with Gasteiger partial charge in [-0.2, -0.15) is 0 Å². The number of nitrogens with zero attached hydrogens (tertiary/aromatic N) is 1. The van der Waals surface area contributed by atoms with E-state index in [1.165, 1.54) is 0 Å². The van der Waals surface area contributed by atoms with Crippen molar-refractivity contribution >= 4 is 21.6 Å². The Kier molecular flexibility index (Phi) is 7.24. The standard InChI is InChI=1S/C20H26N2O4S/c1-4-5-15-21-20(23)16(2)22(27(3,24)25)17-11-13-19(14-12-17)26-18-9-7-6-8-10-18/h6-14,16H,4-5,15H2,1-3H3,(H,21,23)/t16-/m0/s1. The van der Waals surface area contributed by atoms with E-state index < -0.39 is 16.1 Å². The molecule has 1 atom stereocenters. The number of para-hydroxylation sites is 1. The van der Waals surface area contributed by atoms with Gasteiger partial charge in [0.25, 0.3) is 0 Å². The van der Waals surface area contributed by atoms with E-state index in [4.69, 9.17) is 4.74 Å². The highest BCUT2D eigenvalue weighted by Crippen LogP contribution is 2.26. The summed E-state index contributed by atoms with van der Waals surface area (Å²) in [6.45, 7) is 4.13. The summed E-state index contributed by atoms with van der Waals surface area (Å²) in [5, 5.41) is 2.78. The summed E-state index contributed by atoms with van der Waals surface area (Å²) >= 11 is 0. The third kappa shape index (κ3) is 5.99. The van der Waals surface area contributed by atoms with E-state index >= 15 is 0 Å². The second kappa shape index (κ2) is 9.41. The van der Waals surface area contributed by atoms with E-state index in [1.54, 1.807) is 31.2 Å². The minimum atomic E-state index is -3.63. The van der Waals surface area contributed by atoms with Crippen LogP contribution in [0.5, 0.6) is 11.5 Å². The molecule has 0 heterocycles. The summed E-state index contributed by atoms with van der Waals surface area (Å²) in [6.07, 6.45) is 2.90. The lowest BCUT2D eigenvalue weighted by Crippen LogP contribution is -2.48. The van der Waals surface area contributed by atoms with Crippen molar-refractivity contribution in [2.75, 3.05) is 17.1 Å². The van der Waals surface area contributed by atoms with E-state index in [1.807, 2.05) is 37.3 Å².